The fourth-order valence-electron chi connectivity index (χ4n) is 3.96. The summed E-state index contributed by atoms with van der Waals surface area (Å²) in [5.41, 5.74) is 1.37. The molecule has 3 rings (SSSR count). The Morgan fingerprint density at radius 2 is 1.85 bits per heavy atom. The van der Waals surface area contributed by atoms with E-state index >= 15 is 0 Å². The molecule has 7 heteroatoms. The number of hydrogen-bond acceptors (Lipinski definition) is 5. The van der Waals surface area contributed by atoms with Crippen LogP contribution in [0, 0.1) is 0 Å². The van der Waals surface area contributed by atoms with Crippen LogP contribution in [0.15, 0.2) is 75.3 Å². The lowest BCUT2D eigenvalue weighted by Gasteiger charge is -2.33. The van der Waals surface area contributed by atoms with Gasteiger partial charge in [0.15, 0.2) is 0 Å². The number of hydrogen-bond donors (Lipinski definition) is 0. The summed E-state index contributed by atoms with van der Waals surface area (Å²) in [4.78, 5) is 19.4. The second-order valence-corrected chi connectivity index (χ2v) is 8.87. The predicted octanol–water partition coefficient (Wildman–Crippen LogP) is 5.59. The zero-order valence-corrected chi connectivity index (χ0v) is 21.2. The highest BCUT2D eigenvalue weighted by molar-refractivity contribution is 6.39. The lowest BCUT2D eigenvalue weighted by atomic mass is 10.1. The zero-order chi connectivity index (χ0) is 24.5. The highest BCUT2D eigenvalue weighted by Gasteiger charge is 2.18. The summed E-state index contributed by atoms with van der Waals surface area (Å²) < 4.78 is 13.4. The van der Waals surface area contributed by atoms with Gasteiger partial charge in [-0.05, 0) is 63.6 Å². The molecule has 0 bridgehead atoms. The van der Waals surface area contributed by atoms with Crippen LogP contribution < -0.4 is 15.0 Å². The summed E-state index contributed by atoms with van der Waals surface area (Å²) >= 11 is 5.96. The first-order valence-electron chi connectivity index (χ1n) is 11.8. The van der Waals surface area contributed by atoms with E-state index in [1.54, 1.807) is 23.0 Å². The van der Waals surface area contributed by atoms with E-state index < -0.39 is 0 Å². The Bertz CT molecular complexity index is 1090. The van der Waals surface area contributed by atoms with Crippen LogP contribution in [0.1, 0.15) is 40.5 Å². The van der Waals surface area contributed by atoms with Gasteiger partial charge in [-0.25, -0.2) is 0 Å². The van der Waals surface area contributed by atoms with Crippen LogP contribution in [0.5, 0.6) is 11.5 Å². The smallest absolute Gasteiger partial charge is 0.258 e. The van der Waals surface area contributed by atoms with Crippen molar-refractivity contribution in [1.29, 1.82) is 0 Å². The van der Waals surface area contributed by atoms with E-state index in [-0.39, 0.29) is 12.2 Å². The van der Waals surface area contributed by atoms with Gasteiger partial charge in [-0.1, -0.05) is 37.6 Å². The SMILES string of the molecule is CCC(COc1ccc(-n2ccc(OCC3=CCC=C(Cl)C=N3)cc2=O)cc1)N(CC)C(C)C. The first-order valence-corrected chi connectivity index (χ1v) is 12.2. The number of allylic oxidation sites excluding steroid dienone is 3. The summed E-state index contributed by atoms with van der Waals surface area (Å²) in [5.74, 6) is 1.29. The molecule has 1 unspecified atom stereocenters. The molecule has 2 heterocycles. The number of rotatable bonds is 11. The van der Waals surface area contributed by atoms with Crippen molar-refractivity contribution in [2.45, 2.75) is 52.6 Å². The van der Waals surface area contributed by atoms with Crippen LogP contribution in [0.3, 0.4) is 0 Å². The van der Waals surface area contributed by atoms with Crippen LogP contribution >= 0.6 is 11.6 Å². The molecule has 0 radical (unpaired) electrons. The highest BCUT2D eigenvalue weighted by Crippen LogP contribution is 2.18. The van der Waals surface area contributed by atoms with Gasteiger partial charge in [0, 0.05) is 36.2 Å². The van der Waals surface area contributed by atoms with Crippen molar-refractivity contribution >= 4 is 17.8 Å². The van der Waals surface area contributed by atoms with Gasteiger partial charge in [-0.15, -0.1) is 0 Å². The minimum absolute atomic E-state index is 0.171. The minimum Gasteiger partial charge on any atom is -0.492 e. The van der Waals surface area contributed by atoms with Crippen molar-refractivity contribution in [2.24, 2.45) is 4.99 Å². The number of pyridine rings is 1. The lowest BCUT2D eigenvalue weighted by molar-refractivity contribution is 0.108. The number of nitrogens with zero attached hydrogens (tertiary/aromatic N) is 3. The third-order valence-corrected chi connectivity index (χ3v) is 6.08. The van der Waals surface area contributed by atoms with Crippen LogP contribution in [0.2, 0.25) is 0 Å². The van der Waals surface area contributed by atoms with Crippen LogP contribution in [0.25, 0.3) is 5.69 Å². The van der Waals surface area contributed by atoms with Gasteiger partial charge in [0.25, 0.3) is 5.56 Å². The van der Waals surface area contributed by atoms with E-state index in [0.29, 0.717) is 35.9 Å². The summed E-state index contributed by atoms with van der Waals surface area (Å²) in [5, 5.41) is 0.605. The molecular formula is C27H34ClN3O3. The molecule has 1 aliphatic heterocycles. The van der Waals surface area contributed by atoms with Crippen LogP contribution in [-0.2, 0) is 0 Å². The van der Waals surface area contributed by atoms with Crippen LogP contribution in [-0.4, -0.2) is 47.5 Å². The highest BCUT2D eigenvalue weighted by atomic mass is 35.5. The van der Waals surface area contributed by atoms with E-state index in [2.05, 4.69) is 37.6 Å². The second kappa shape index (κ2) is 12.6. The maximum absolute atomic E-state index is 12.7. The number of ether oxygens (including phenoxy) is 2. The molecule has 0 saturated heterocycles. The summed E-state index contributed by atoms with van der Waals surface area (Å²) in [7, 11) is 0. The Balaban J connectivity index is 1.60. The molecule has 0 N–H and O–H groups in total. The van der Waals surface area contributed by atoms with Gasteiger partial charge in [0.1, 0.15) is 24.7 Å². The molecule has 0 aliphatic carbocycles. The van der Waals surface area contributed by atoms with Crippen LogP contribution in [0.4, 0.5) is 0 Å². The quantitative estimate of drug-likeness (QED) is 0.418. The van der Waals surface area contributed by atoms with Crippen molar-refractivity contribution in [2.75, 3.05) is 19.8 Å². The van der Waals surface area contributed by atoms with Gasteiger partial charge in [0.2, 0.25) is 0 Å². The van der Waals surface area contributed by atoms with E-state index in [4.69, 9.17) is 21.1 Å². The summed E-state index contributed by atoms with van der Waals surface area (Å²) in [6, 6.07) is 11.7. The van der Waals surface area contributed by atoms with Gasteiger partial charge >= 0.3 is 0 Å². The number of halogens is 1. The van der Waals surface area contributed by atoms with E-state index in [1.807, 2.05) is 36.4 Å². The first kappa shape index (κ1) is 25.8. The Morgan fingerprint density at radius 3 is 2.50 bits per heavy atom. The standard InChI is InChI=1S/C27H34ClN3O3/c1-5-23(30(6-2)20(3)4)19-34-25-12-10-24(11-13-25)31-15-14-26(16-27(31)32)33-18-22-9-7-8-21(28)17-29-22/h8-17,20,23H,5-7,18-19H2,1-4H3. The molecule has 0 saturated carbocycles. The Labute approximate surface area is 207 Å². The first-order chi connectivity index (χ1) is 16.4. The number of aromatic nitrogens is 1. The number of benzene rings is 1. The van der Waals surface area contributed by atoms with Crippen molar-refractivity contribution in [1.82, 2.24) is 9.47 Å². The predicted molar refractivity (Wildman–Crippen MR) is 140 cm³/mol. The molecule has 6 nitrogen and oxygen atoms in total. The average Bonchev–Trinajstić information content (AvgIpc) is 3.04. The number of aliphatic imine (C=N–C) groups is 1. The van der Waals surface area contributed by atoms with Gasteiger partial charge in [-0.2, -0.15) is 0 Å². The molecule has 1 aromatic carbocycles. The third kappa shape index (κ3) is 7.08. The van der Waals surface area contributed by atoms with Crippen molar-refractivity contribution in [3.63, 3.8) is 0 Å². The molecule has 1 aromatic heterocycles. The Kier molecular flexibility index (Phi) is 9.54. The fraction of sp³-hybridized carbons (Fsp3) is 0.407. The van der Waals surface area contributed by atoms with E-state index in [0.717, 1.165) is 30.1 Å². The van der Waals surface area contributed by atoms with Gasteiger partial charge in [0.05, 0.1) is 10.7 Å². The molecule has 0 spiro atoms. The minimum atomic E-state index is -0.171. The van der Waals surface area contributed by atoms with Crippen molar-refractivity contribution < 1.29 is 9.47 Å². The number of likely N-dealkylation sites (N-methyl/N-ethyl adjacent to an activating group) is 1. The molecule has 1 aliphatic rings. The maximum Gasteiger partial charge on any atom is 0.258 e. The average molecular weight is 484 g/mol. The molecule has 34 heavy (non-hydrogen) atoms. The topological polar surface area (TPSA) is 56.1 Å². The largest absolute Gasteiger partial charge is 0.492 e. The molecule has 0 amide bonds. The summed E-state index contributed by atoms with van der Waals surface area (Å²) in [6.45, 7) is 10.7. The third-order valence-electron chi connectivity index (χ3n) is 5.82. The molecular weight excluding hydrogens is 450 g/mol. The maximum atomic E-state index is 12.7. The van der Waals surface area contributed by atoms with E-state index in [1.165, 1.54) is 6.07 Å². The molecule has 0 fully saturated rings. The van der Waals surface area contributed by atoms with E-state index in [9.17, 15) is 4.79 Å². The normalized spacial score (nSPS) is 14.6. The van der Waals surface area contributed by atoms with Crippen molar-refractivity contribution in [3.8, 4) is 17.2 Å². The second-order valence-electron chi connectivity index (χ2n) is 8.43. The molecule has 1 atom stereocenters. The molecule has 182 valence electrons. The molecule has 2 aromatic rings. The Hall–Kier alpha value is -2.83. The summed E-state index contributed by atoms with van der Waals surface area (Å²) in [6.07, 6.45) is 8.87. The van der Waals surface area contributed by atoms with Gasteiger partial charge < -0.3 is 9.47 Å². The fourth-order valence-corrected chi connectivity index (χ4v) is 4.10. The van der Waals surface area contributed by atoms with Crippen molar-refractivity contribution in [3.05, 3.63) is 75.8 Å². The monoisotopic (exact) mass is 483 g/mol. The zero-order valence-electron chi connectivity index (χ0n) is 20.4. The Morgan fingerprint density at radius 1 is 1.09 bits per heavy atom. The lowest BCUT2D eigenvalue weighted by Crippen LogP contribution is -2.43. The van der Waals surface area contributed by atoms with Gasteiger partial charge in [-0.3, -0.25) is 19.3 Å².